The minimum atomic E-state index is -0.600. The van der Waals surface area contributed by atoms with Gasteiger partial charge < -0.3 is 5.32 Å². The highest BCUT2D eigenvalue weighted by molar-refractivity contribution is 8.00. The van der Waals surface area contributed by atoms with Gasteiger partial charge in [0.05, 0.1) is 10.7 Å². The van der Waals surface area contributed by atoms with Crippen molar-refractivity contribution >= 4 is 23.4 Å². The number of hydrogen-bond acceptors (Lipinski definition) is 5. The summed E-state index contributed by atoms with van der Waals surface area (Å²) in [6.07, 6.45) is 0. The molecule has 0 bridgehead atoms. The molecule has 94 valence electrons. The number of nitriles is 1. The molecule has 18 heavy (non-hydrogen) atoms. The van der Waals surface area contributed by atoms with Crippen LogP contribution in [0, 0.1) is 21.4 Å². The number of carbonyl (C=O) groups excluding carboxylic acids is 1. The van der Waals surface area contributed by atoms with Gasteiger partial charge in [-0.2, -0.15) is 5.26 Å². The van der Waals surface area contributed by atoms with Gasteiger partial charge in [0, 0.05) is 17.5 Å². The molecule has 0 fully saturated rings. The lowest BCUT2D eigenvalue weighted by Gasteiger charge is -2.03. The summed E-state index contributed by atoms with van der Waals surface area (Å²) in [6, 6.07) is 6.00. The quantitative estimate of drug-likeness (QED) is 0.496. The molecule has 0 atom stereocenters. The molecule has 0 aromatic heterocycles. The second-order valence-corrected chi connectivity index (χ2v) is 4.34. The smallest absolute Gasteiger partial charge is 0.287 e. The van der Waals surface area contributed by atoms with Crippen LogP contribution in [0.25, 0.3) is 0 Å². The number of amides is 1. The van der Waals surface area contributed by atoms with Gasteiger partial charge in [-0.15, -0.1) is 11.8 Å². The summed E-state index contributed by atoms with van der Waals surface area (Å²) in [6.45, 7) is 2.38. The Hall–Kier alpha value is -2.07. The lowest BCUT2D eigenvalue weighted by atomic mass is 10.2. The summed E-state index contributed by atoms with van der Waals surface area (Å²) in [5.41, 5.74) is -0.222. The summed E-state index contributed by atoms with van der Waals surface area (Å²) in [5, 5.41) is 22.1. The van der Waals surface area contributed by atoms with Crippen LogP contribution >= 0.6 is 11.8 Å². The van der Waals surface area contributed by atoms with Crippen molar-refractivity contribution in [2.45, 2.75) is 11.8 Å². The molecule has 1 amide bonds. The van der Waals surface area contributed by atoms with E-state index in [4.69, 9.17) is 5.26 Å². The molecule has 0 saturated heterocycles. The number of nitro groups is 1. The van der Waals surface area contributed by atoms with Gasteiger partial charge in [0.25, 0.3) is 5.69 Å². The number of nitrogens with zero attached hydrogens (tertiary/aromatic N) is 2. The van der Waals surface area contributed by atoms with E-state index in [2.05, 4.69) is 5.32 Å². The number of nitro benzene ring substituents is 1. The van der Waals surface area contributed by atoms with Crippen molar-refractivity contribution < 1.29 is 9.72 Å². The molecule has 0 unspecified atom stereocenters. The number of benzene rings is 1. The molecule has 7 heteroatoms. The minimum absolute atomic E-state index is 0.000833. The molecule has 0 saturated carbocycles. The first-order valence-electron chi connectivity index (χ1n) is 5.16. The SMILES string of the molecule is CCNC(=O)CSc1ccc([N+](=O)[O-])c(C#N)c1. The molecule has 0 radical (unpaired) electrons. The zero-order chi connectivity index (χ0) is 13.5. The Balaban J connectivity index is 2.78. The van der Waals surface area contributed by atoms with Gasteiger partial charge in [0.15, 0.2) is 0 Å². The Kier molecular flexibility index (Phi) is 5.14. The molecule has 1 aromatic rings. The summed E-state index contributed by atoms with van der Waals surface area (Å²) < 4.78 is 0. The topological polar surface area (TPSA) is 96.0 Å². The summed E-state index contributed by atoms with van der Waals surface area (Å²) >= 11 is 1.23. The third-order valence-electron chi connectivity index (χ3n) is 2.03. The second kappa shape index (κ2) is 6.61. The Morgan fingerprint density at radius 2 is 2.33 bits per heavy atom. The van der Waals surface area contributed by atoms with E-state index < -0.39 is 4.92 Å². The molecule has 1 aromatic carbocycles. The normalized spacial score (nSPS) is 9.56. The van der Waals surface area contributed by atoms with Gasteiger partial charge in [-0.25, -0.2) is 0 Å². The summed E-state index contributed by atoms with van der Waals surface area (Å²) in [5.74, 6) is 0.107. The maximum absolute atomic E-state index is 11.2. The lowest BCUT2D eigenvalue weighted by Crippen LogP contribution is -2.24. The fourth-order valence-electron chi connectivity index (χ4n) is 1.25. The van der Waals surface area contributed by atoms with E-state index >= 15 is 0 Å². The maximum Gasteiger partial charge on any atom is 0.287 e. The third-order valence-corrected chi connectivity index (χ3v) is 3.02. The molecular weight excluding hydrogens is 254 g/mol. The molecule has 1 rings (SSSR count). The first-order valence-corrected chi connectivity index (χ1v) is 6.15. The second-order valence-electron chi connectivity index (χ2n) is 3.29. The van der Waals surface area contributed by atoms with Crippen molar-refractivity contribution in [3.8, 4) is 6.07 Å². The van der Waals surface area contributed by atoms with Crippen molar-refractivity contribution in [2.75, 3.05) is 12.3 Å². The first kappa shape index (κ1) is 14.0. The zero-order valence-electron chi connectivity index (χ0n) is 9.67. The van der Waals surface area contributed by atoms with Crippen molar-refractivity contribution in [1.29, 1.82) is 5.26 Å². The number of thioether (sulfide) groups is 1. The van der Waals surface area contributed by atoms with Crippen LogP contribution in [0.5, 0.6) is 0 Å². The highest BCUT2D eigenvalue weighted by Gasteiger charge is 2.14. The van der Waals surface area contributed by atoms with E-state index in [0.29, 0.717) is 11.4 Å². The van der Waals surface area contributed by atoms with Gasteiger partial charge in [0.1, 0.15) is 11.6 Å². The number of nitrogens with one attached hydrogen (secondary N) is 1. The summed E-state index contributed by atoms with van der Waals surface area (Å²) in [7, 11) is 0. The zero-order valence-corrected chi connectivity index (χ0v) is 10.5. The van der Waals surface area contributed by atoms with Crippen molar-refractivity contribution in [1.82, 2.24) is 5.32 Å². The average molecular weight is 265 g/mol. The predicted molar refractivity (Wildman–Crippen MR) is 67.2 cm³/mol. The third kappa shape index (κ3) is 3.75. The molecule has 1 N–H and O–H groups in total. The molecule has 0 aliphatic heterocycles. The van der Waals surface area contributed by atoms with Crippen LogP contribution in [0.3, 0.4) is 0 Å². The molecular formula is C11H11N3O3S. The Bertz CT molecular complexity index is 511. The molecule has 0 aliphatic carbocycles. The predicted octanol–water partition coefficient (Wildman–Crippen LogP) is 1.69. The molecule has 0 spiro atoms. The van der Waals surface area contributed by atoms with Crippen LogP contribution in [-0.4, -0.2) is 23.1 Å². The van der Waals surface area contributed by atoms with Crippen molar-refractivity contribution in [3.63, 3.8) is 0 Å². The maximum atomic E-state index is 11.2. The van der Waals surface area contributed by atoms with Gasteiger partial charge in [-0.1, -0.05) is 0 Å². The van der Waals surface area contributed by atoms with Gasteiger partial charge in [-0.05, 0) is 19.1 Å². The Morgan fingerprint density at radius 3 is 2.89 bits per heavy atom. The minimum Gasteiger partial charge on any atom is -0.356 e. The monoisotopic (exact) mass is 265 g/mol. The summed E-state index contributed by atoms with van der Waals surface area (Å²) in [4.78, 5) is 21.9. The van der Waals surface area contributed by atoms with E-state index in [1.807, 2.05) is 6.92 Å². The largest absolute Gasteiger partial charge is 0.356 e. The number of rotatable bonds is 5. The van der Waals surface area contributed by atoms with Crippen LogP contribution in [-0.2, 0) is 4.79 Å². The lowest BCUT2D eigenvalue weighted by molar-refractivity contribution is -0.385. The number of carbonyl (C=O) groups is 1. The van der Waals surface area contributed by atoms with Gasteiger partial charge >= 0.3 is 0 Å². The van der Waals surface area contributed by atoms with Crippen LogP contribution in [0.15, 0.2) is 23.1 Å². The fourth-order valence-corrected chi connectivity index (χ4v) is 2.02. The van der Waals surface area contributed by atoms with E-state index in [0.717, 1.165) is 0 Å². The van der Waals surface area contributed by atoms with Crippen molar-refractivity contribution in [3.05, 3.63) is 33.9 Å². The number of hydrogen-bond donors (Lipinski definition) is 1. The highest BCUT2D eigenvalue weighted by atomic mass is 32.2. The highest BCUT2D eigenvalue weighted by Crippen LogP contribution is 2.25. The van der Waals surface area contributed by atoms with E-state index in [1.165, 1.54) is 30.0 Å². The van der Waals surface area contributed by atoms with Crippen LogP contribution in [0.2, 0.25) is 0 Å². The van der Waals surface area contributed by atoms with Gasteiger partial charge in [0.2, 0.25) is 5.91 Å². The van der Waals surface area contributed by atoms with Crippen LogP contribution in [0.1, 0.15) is 12.5 Å². The van der Waals surface area contributed by atoms with Gasteiger partial charge in [-0.3, -0.25) is 14.9 Å². The van der Waals surface area contributed by atoms with Crippen LogP contribution < -0.4 is 5.32 Å². The molecule has 6 nitrogen and oxygen atoms in total. The average Bonchev–Trinajstić information content (AvgIpc) is 2.36. The van der Waals surface area contributed by atoms with E-state index in [-0.39, 0.29) is 22.9 Å². The molecule has 0 heterocycles. The fraction of sp³-hybridized carbons (Fsp3) is 0.273. The van der Waals surface area contributed by atoms with Crippen molar-refractivity contribution in [2.24, 2.45) is 0 Å². The first-order chi connectivity index (χ1) is 8.58. The van der Waals surface area contributed by atoms with E-state index in [1.54, 1.807) is 6.07 Å². The Morgan fingerprint density at radius 1 is 1.61 bits per heavy atom. The Labute approximate surface area is 108 Å². The van der Waals surface area contributed by atoms with E-state index in [9.17, 15) is 14.9 Å². The van der Waals surface area contributed by atoms with Crippen LogP contribution in [0.4, 0.5) is 5.69 Å². The standard InChI is InChI=1S/C11H11N3O3S/c1-2-13-11(15)7-18-9-3-4-10(14(16)17)8(5-9)6-12/h3-5H,2,7H2,1H3,(H,13,15). The molecule has 0 aliphatic rings.